The third-order valence-corrected chi connectivity index (χ3v) is 6.06. The number of thioether (sulfide) groups is 1. The summed E-state index contributed by atoms with van der Waals surface area (Å²) in [5, 5.41) is 0. The number of oxazole rings is 1. The first-order valence-electron chi connectivity index (χ1n) is 9.74. The molecular formula is C23H24N2O2S. The third-order valence-electron chi connectivity index (χ3n) is 5.03. The monoisotopic (exact) mass is 392 g/mol. The highest BCUT2D eigenvalue weighted by atomic mass is 32.2. The summed E-state index contributed by atoms with van der Waals surface area (Å²) < 4.78 is 5.89. The maximum atomic E-state index is 12.6. The second kappa shape index (κ2) is 8.65. The Balaban J connectivity index is 1.45. The smallest absolute Gasteiger partial charge is 0.253 e. The van der Waals surface area contributed by atoms with Gasteiger partial charge in [-0.2, -0.15) is 0 Å². The van der Waals surface area contributed by atoms with Gasteiger partial charge in [-0.15, -0.1) is 11.8 Å². The fourth-order valence-corrected chi connectivity index (χ4v) is 4.31. The first-order valence-corrected chi connectivity index (χ1v) is 10.7. The molecule has 144 valence electrons. The van der Waals surface area contributed by atoms with Crippen LogP contribution >= 0.6 is 11.8 Å². The summed E-state index contributed by atoms with van der Waals surface area (Å²) in [4.78, 5) is 20.5. The van der Waals surface area contributed by atoms with Crippen molar-refractivity contribution in [2.45, 2.75) is 36.8 Å². The number of carbonyl (C=O) groups excluding carboxylic acids is 1. The van der Waals surface area contributed by atoms with E-state index < -0.39 is 0 Å². The van der Waals surface area contributed by atoms with E-state index in [0.29, 0.717) is 5.89 Å². The molecule has 0 radical (unpaired) electrons. The molecule has 0 saturated carbocycles. The molecule has 0 bridgehead atoms. The van der Waals surface area contributed by atoms with Crippen LogP contribution in [0.25, 0.3) is 11.5 Å². The molecule has 0 unspecified atom stereocenters. The van der Waals surface area contributed by atoms with Gasteiger partial charge in [-0.1, -0.05) is 18.2 Å². The van der Waals surface area contributed by atoms with E-state index in [1.165, 1.54) is 11.3 Å². The molecule has 1 aliphatic heterocycles. The zero-order chi connectivity index (χ0) is 19.3. The molecule has 1 fully saturated rings. The number of rotatable bonds is 5. The van der Waals surface area contributed by atoms with Crippen molar-refractivity contribution in [2.75, 3.05) is 13.1 Å². The van der Waals surface area contributed by atoms with Crippen LogP contribution in [0.4, 0.5) is 0 Å². The first kappa shape index (κ1) is 18.8. The van der Waals surface area contributed by atoms with Gasteiger partial charge in [0.05, 0.1) is 5.69 Å². The lowest BCUT2D eigenvalue weighted by molar-refractivity contribution is 0.0724. The van der Waals surface area contributed by atoms with Crippen molar-refractivity contribution in [1.29, 1.82) is 0 Å². The van der Waals surface area contributed by atoms with E-state index in [0.717, 1.165) is 54.3 Å². The van der Waals surface area contributed by atoms with Gasteiger partial charge in [-0.25, -0.2) is 4.98 Å². The zero-order valence-corrected chi connectivity index (χ0v) is 16.9. The van der Waals surface area contributed by atoms with Gasteiger partial charge in [-0.3, -0.25) is 4.79 Å². The van der Waals surface area contributed by atoms with Crippen molar-refractivity contribution >= 4 is 17.7 Å². The van der Waals surface area contributed by atoms with Gasteiger partial charge >= 0.3 is 0 Å². The second-order valence-electron chi connectivity index (χ2n) is 7.05. The lowest BCUT2D eigenvalue weighted by Gasteiger charge is -2.26. The second-order valence-corrected chi connectivity index (χ2v) is 8.10. The minimum Gasteiger partial charge on any atom is -0.441 e. The molecule has 4 nitrogen and oxygen atoms in total. The van der Waals surface area contributed by atoms with E-state index in [4.69, 9.17) is 4.42 Å². The van der Waals surface area contributed by atoms with Gasteiger partial charge in [-0.05, 0) is 62.6 Å². The fraction of sp³-hybridized carbons (Fsp3) is 0.304. The number of amides is 1. The Morgan fingerprint density at radius 1 is 1.04 bits per heavy atom. The van der Waals surface area contributed by atoms with Crippen molar-refractivity contribution in [2.24, 2.45) is 0 Å². The summed E-state index contributed by atoms with van der Waals surface area (Å²) in [5.41, 5.74) is 2.58. The summed E-state index contributed by atoms with van der Waals surface area (Å²) in [6.07, 6.45) is 3.42. The van der Waals surface area contributed by atoms with Crippen molar-refractivity contribution < 1.29 is 9.21 Å². The van der Waals surface area contributed by atoms with Crippen LogP contribution < -0.4 is 0 Å². The van der Waals surface area contributed by atoms with E-state index in [1.807, 2.05) is 54.3 Å². The highest BCUT2D eigenvalue weighted by Gasteiger charge is 2.18. The standard InChI is InChI=1S/C23H24N2O2S/c1-17-21(16-28-20-8-4-2-5-9-20)24-22(27-17)18-10-12-19(13-11-18)23(26)25-14-6-3-7-15-25/h2,4-5,8-13H,3,6-7,14-16H2,1H3. The van der Waals surface area contributed by atoms with Crippen molar-refractivity contribution in [3.63, 3.8) is 0 Å². The number of piperidine rings is 1. The number of nitrogens with zero attached hydrogens (tertiary/aromatic N) is 2. The Morgan fingerprint density at radius 2 is 1.75 bits per heavy atom. The quantitative estimate of drug-likeness (QED) is 0.533. The summed E-state index contributed by atoms with van der Waals surface area (Å²) in [7, 11) is 0. The lowest BCUT2D eigenvalue weighted by atomic mass is 10.1. The Kier molecular flexibility index (Phi) is 5.81. The van der Waals surface area contributed by atoms with Crippen LogP contribution in [-0.2, 0) is 5.75 Å². The van der Waals surface area contributed by atoms with Gasteiger partial charge in [0.2, 0.25) is 5.89 Å². The molecule has 28 heavy (non-hydrogen) atoms. The molecule has 1 aromatic heterocycles. The molecule has 2 heterocycles. The van der Waals surface area contributed by atoms with Gasteiger partial charge in [0.25, 0.3) is 5.91 Å². The number of hydrogen-bond donors (Lipinski definition) is 0. The fourth-order valence-electron chi connectivity index (χ4n) is 3.39. The molecule has 0 N–H and O–H groups in total. The Hall–Kier alpha value is -2.53. The van der Waals surface area contributed by atoms with Gasteiger partial charge in [0.15, 0.2) is 0 Å². The molecule has 2 aromatic carbocycles. The summed E-state index contributed by atoms with van der Waals surface area (Å²) in [6.45, 7) is 3.68. The van der Waals surface area contributed by atoms with Gasteiger partial charge < -0.3 is 9.32 Å². The van der Waals surface area contributed by atoms with Gasteiger partial charge in [0, 0.05) is 34.9 Å². The van der Waals surface area contributed by atoms with Crippen LogP contribution in [0.5, 0.6) is 0 Å². The van der Waals surface area contributed by atoms with Crippen LogP contribution in [0.15, 0.2) is 63.9 Å². The average Bonchev–Trinajstić information content (AvgIpc) is 3.14. The van der Waals surface area contributed by atoms with Crippen LogP contribution in [0.2, 0.25) is 0 Å². The molecular weight excluding hydrogens is 368 g/mol. The maximum absolute atomic E-state index is 12.6. The maximum Gasteiger partial charge on any atom is 0.253 e. The largest absolute Gasteiger partial charge is 0.441 e. The lowest BCUT2D eigenvalue weighted by Crippen LogP contribution is -2.35. The number of benzene rings is 2. The minimum absolute atomic E-state index is 0.120. The Labute approximate surface area is 170 Å². The Morgan fingerprint density at radius 3 is 2.46 bits per heavy atom. The van der Waals surface area contributed by atoms with E-state index in [9.17, 15) is 4.79 Å². The zero-order valence-electron chi connectivity index (χ0n) is 16.1. The summed E-state index contributed by atoms with van der Waals surface area (Å²) >= 11 is 1.75. The topological polar surface area (TPSA) is 46.3 Å². The summed E-state index contributed by atoms with van der Waals surface area (Å²) in [5.74, 6) is 2.34. The highest BCUT2D eigenvalue weighted by Crippen LogP contribution is 2.28. The van der Waals surface area contributed by atoms with Crippen LogP contribution in [-0.4, -0.2) is 28.9 Å². The molecule has 1 amide bonds. The number of carbonyl (C=O) groups is 1. The number of likely N-dealkylation sites (tertiary alicyclic amines) is 1. The predicted octanol–water partition coefficient (Wildman–Crippen LogP) is 5.57. The molecule has 1 saturated heterocycles. The predicted molar refractivity (Wildman–Crippen MR) is 112 cm³/mol. The van der Waals surface area contributed by atoms with E-state index in [2.05, 4.69) is 17.1 Å². The first-order chi connectivity index (χ1) is 13.7. The molecule has 0 aliphatic carbocycles. The minimum atomic E-state index is 0.120. The molecule has 0 atom stereocenters. The highest BCUT2D eigenvalue weighted by molar-refractivity contribution is 7.98. The summed E-state index contributed by atoms with van der Waals surface area (Å²) in [6, 6.07) is 17.9. The Bertz CT molecular complexity index is 929. The number of aromatic nitrogens is 1. The van der Waals surface area contributed by atoms with Crippen LogP contribution in [0, 0.1) is 6.92 Å². The van der Waals surface area contributed by atoms with Crippen molar-refractivity contribution in [3.8, 4) is 11.5 Å². The van der Waals surface area contributed by atoms with E-state index in [1.54, 1.807) is 11.8 Å². The van der Waals surface area contributed by atoms with E-state index >= 15 is 0 Å². The van der Waals surface area contributed by atoms with Crippen molar-refractivity contribution in [3.05, 3.63) is 71.6 Å². The number of hydrogen-bond acceptors (Lipinski definition) is 4. The number of aryl methyl sites for hydroxylation is 1. The molecule has 3 aromatic rings. The molecule has 0 spiro atoms. The van der Waals surface area contributed by atoms with Crippen molar-refractivity contribution in [1.82, 2.24) is 9.88 Å². The SMILES string of the molecule is Cc1oc(-c2ccc(C(=O)N3CCCCC3)cc2)nc1CSc1ccccc1. The average molecular weight is 393 g/mol. The van der Waals surface area contributed by atoms with Crippen LogP contribution in [0.3, 0.4) is 0 Å². The van der Waals surface area contributed by atoms with E-state index in [-0.39, 0.29) is 5.91 Å². The van der Waals surface area contributed by atoms with Gasteiger partial charge in [0.1, 0.15) is 5.76 Å². The normalized spacial score (nSPS) is 14.2. The molecule has 1 aliphatic rings. The van der Waals surface area contributed by atoms with Crippen LogP contribution in [0.1, 0.15) is 41.1 Å². The molecule has 4 rings (SSSR count). The molecule has 5 heteroatoms. The third kappa shape index (κ3) is 4.30.